The van der Waals surface area contributed by atoms with Crippen LogP contribution in [-0.2, 0) is 11.2 Å². The molecule has 130 valence electrons. The summed E-state index contributed by atoms with van der Waals surface area (Å²) in [5.74, 6) is 0.526. The average Bonchev–Trinajstić information content (AvgIpc) is 3.25. The first kappa shape index (κ1) is 15.9. The predicted molar refractivity (Wildman–Crippen MR) is 96.5 cm³/mol. The Bertz CT molecular complexity index is 895. The topological polar surface area (TPSA) is 62.1 Å². The number of carbonyl (C=O) groups excluding carboxylic acids is 1. The lowest BCUT2D eigenvalue weighted by Crippen LogP contribution is -2.40. The Hall–Kier alpha value is -2.56. The first-order valence-corrected chi connectivity index (χ1v) is 8.86. The fraction of sp³-hybridized carbons (Fsp3) is 0.400. The molecule has 0 radical (unpaired) electrons. The van der Waals surface area contributed by atoms with Crippen LogP contribution in [0.2, 0.25) is 0 Å². The Morgan fingerprint density at radius 1 is 1.40 bits per heavy atom. The third-order valence-electron chi connectivity index (χ3n) is 5.17. The van der Waals surface area contributed by atoms with Crippen molar-refractivity contribution in [2.75, 3.05) is 13.1 Å². The molecule has 25 heavy (non-hydrogen) atoms. The van der Waals surface area contributed by atoms with Gasteiger partial charge in [0, 0.05) is 41.8 Å². The van der Waals surface area contributed by atoms with E-state index in [0.29, 0.717) is 12.3 Å². The zero-order valence-corrected chi connectivity index (χ0v) is 14.7. The largest absolute Gasteiger partial charge is 0.464 e. The Balaban J connectivity index is 1.52. The summed E-state index contributed by atoms with van der Waals surface area (Å²) >= 11 is 0. The summed E-state index contributed by atoms with van der Waals surface area (Å²) in [5, 5.41) is 8.17. The second-order valence-electron chi connectivity index (χ2n) is 7.08. The van der Waals surface area contributed by atoms with Crippen LogP contribution < -0.4 is 0 Å². The molecular weight excluding hydrogens is 314 g/mol. The van der Waals surface area contributed by atoms with Gasteiger partial charge in [-0.1, -0.05) is 6.07 Å². The molecule has 3 aromatic rings. The van der Waals surface area contributed by atoms with Crippen molar-refractivity contribution in [3.63, 3.8) is 0 Å². The predicted octanol–water partition coefficient (Wildman–Crippen LogP) is 3.72. The van der Waals surface area contributed by atoms with Gasteiger partial charge in [0.15, 0.2) is 0 Å². The van der Waals surface area contributed by atoms with Gasteiger partial charge in [0.2, 0.25) is 5.91 Å². The van der Waals surface area contributed by atoms with E-state index >= 15 is 0 Å². The van der Waals surface area contributed by atoms with Crippen molar-refractivity contribution in [1.82, 2.24) is 15.1 Å². The molecule has 1 N–H and O–H groups in total. The second kappa shape index (κ2) is 6.39. The number of hydrogen-bond acceptors (Lipinski definition) is 3. The van der Waals surface area contributed by atoms with Gasteiger partial charge in [0.1, 0.15) is 5.58 Å². The summed E-state index contributed by atoms with van der Waals surface area (Å²) in [4.78, 5) is 14.8. The Morgan fingerprint density at radius 2 is 2.28 bits per heavy atom. The number of aromatic nitrogens is 2. The molecule has 0 unspecified atom stereocenters. The first-order valence-electron chi connectivity index (χ1n) is 8.86. The van der Waals surface area contributed by atoms with Crippen molar-refractivity contribution in [2.45, 2.75) is 39.0 Å². The van der Waals surface area contributed by atoms with Crippen LogP contribution in [0.1, 0.15) is 41.1 Å². The minimum atomic E-state index is 0.173. The summed E-state index contributed by atoms with van der Waals surface area (Å²) < 4.78 is 5.69. The molecule has 1 amide bonds. The maximum absolute atomic E-state index is 12.9. The maximum Gasteiger partial charge on any atom is 0.227 e. The Kier molecular flexibility index (Phi) is 4.07. The third-order valence-corrected chi connectivity index (χ3v) is 5.17. The fourth-order valence-electron chi connectivity index (χ4n) is 3.98. The standard InChI is InChI=1S/C20H23N3O2/c1-13-8-14(2)20-16(12-25-18(20)9-13)10-19(24)23-7-3-4-15(11-23)17-5-6-21-22-17/h5-6,8-9,12,15H,3-4,7,10-11H2,1-2H3,(H,21,22)/t15-/m1/s1. The molecule has 1 aromatic carbocycles. The molecule has 5 nitrogen and oxygen atoms in total. The minimum Gasteiger partial charge on any atom is -0.464 e. The molecule has 1 atom stereocenters. The molecule has 1 fully saturated rings. The smallest absolute Gasteiger partial charge is 0.227 e. The van der Waals surface area contributed by atoms with E-state index in [9.17, 15) is 4.79 Å². The number of furan rings is 1. The number of piperidine rings is 1. The summed E-state index contributed by atoms with van der Waals surface area (Å²) in [6.07, 6.45) is 6.04. The van der Waals surface area contributed by atoms with E-state index in [4.69, 9.17) is 4.42 Å². The molecule has 2 aromatic heterocycles. The summed E-state index contributed by atoms with van der Waals surface area (Å²) in [6.45, 7) is 5.73. The van der Waals surface area contributed by atoms with Gasteiger partial charge in [-0.2, -0.15) is 5.10 Å². The lowest BCUT2D eigenvalue weighted by molar-refractivity contribution is -0.131. The number of aromatic amines is 1. The summed E-state index contributed by atoms with van der Waals surface area (Å²) in [5.41, 5.74) is 5.32. The van der Waals surface area contributed by atoms with E-state index < -0.39 is 0 Å². The van der Waals surface area contributed by atoms with Crippen LogP contribution in [0.25, 0.3) is 11.0 Å². The van der Waals surface area contributed by atoms with Crippen LogP contribution in [0, 0.1) is 13.8 Å². The molecule has 1 aliphatic heterocycles. The maximum atomic E-state index is 12.9. The van der Waals surface area contributed by atoms with Crippen molar-refractivity contribution in [1.29, 1.82) is 0 Å². The highest BCUT2D eigenvalue weighted by Crippen LogP contribution is 2.29. The average molecular weight is 337 g/mol. The SMILES string of the molecule is Cc1cc(C)c2c(CC(=O)N3CCC[C@@H](c4ccn[nH]4)C3)coc2c1. The number of carbonyl (C=O) groups is 1. The van der Waals surface area contributed by atoms with Gasteiger partial charge in [0.05, 0.1) is 12.7 Å². The lowest BCUT2D eigenvalue weighted by Gasteiger charge is -2.32. The van der Waals surface area contributed by atoms with Crippen LogP contribution in [-0.4, -0.2) is 34.1 Å². The highest BCUT2D eigenvalue weighted by atomic mass is 16.3. The van der Waals surface area contributed by atoms with E-state index in [2.05, 4.69) is 30.1 Å². The number of likely N-dealkylation sites (tertiary alicyclic amines) is 1. The Labute approximate surface area is 147 Å². The van der Waals surface area contributed by atoms with E-state index in [0.717, 1.165) is 48.2 Å². The van der Waals surface area contributed by atoms with Crippen LogP contribution >= 0.6 is 0 Å². The zero-order valence-electron chi connectivity index (χ0n) is 14.7. The molecule has 0 aliphatic carbocycles. The van der Waals surface area contributed by atoms with Crippen molar-refractivity contribution in [3.05, 3.63) is 53.0 Å². The molecule has 3 heterocycles. The van der Waals surface area contributed by atoms with Gasteiger partial charge in [-0.15, -0.1) is 0 Å². The number of aryl methyl sites for hydroxylation is 2. The molecule has 0 bridgehead atoms. The van der Waals surface area contributed by atoms with Crippen molar-refractivity contribution < 1.29 is 9.21 Å². The number of rotatable bonds is 3. The van der Waals surface area contributed by atoms with Crippen LogP contribution in [0.3, 0.4) is 0 Å². The van der Waals surface area contributed by atoms with Crippen LogP contribution in [0.15, 0.2) is 35.1 Å². The molecule has 1 saturated heterocycles. The van der Waals surface area contributed by atoms with Crippen LogP contribution in [0.4, 0.5) is 0 Å². The number of hydrogen-bond donors (Lipinski definition) is 1. The molecule has 0 spiro atoms. The highest BCUT2D eigenvalue weighted by Gasteiger charge is 2.26. The van der Waals surface area contributed by atoms with E-state index in [1.807, 2.05) is 17.0 Å². The quantitative estimate of drug-likeness (QED) is 0.792. The number of benzene rings is 1. The van der Waals surface area contributed by atoms with E-state index in [-0.39, 0.29) is 5.91 Å². The van der Waals surface area contributed by atoms with Crippen LogP contribution in [0.5, 0.6) is 0 Å². The van der Waals surface area contributed by atoms with Gasteiger partial charge in [-0.25, -0.2) is 0 Å². The molecular formula is C20H23N3O2. The number of nitrogens with one attached hydrogen (secondary N) is 1. The normalized spacial score (nSPS) is 18.0. The first-order chi connectivity index (χ1) is 12.1. The number of fused-ring (bicyclic) bond motifs is 1. The van der Waals surface area contributed by atoms with Crippen molar-refractivity contribution in [3.8, 4) is 0 Å². The lowest BCUT2D eigenvalue weighted by atomic mass is 9.94. The summed E-state index contributed by atoms with van der Waals surface area (Å²) in [7, 11) is 0. The number of nitrogens with zero attached hydrogens (tertiary/aromatic N) is 2. The number of amides is 1. The minimum absolute atomic E-state index is 0.173. The van der Waals surface area contributed by atoms with Gasteiger partial charge in [-0.3, -0.25) is 9.89 Å². The fourth-order valence-corrected chi connectivity index (χ4v) is 3.98. The third kappa shape index (κ3) is 3.06. The zero-order chi connectivity index (χ0) is 17.4. The van der Waals surface area contributed by atoms with Crippen molar-refractivity contribution in [2.24, 2.45) is 0 Å². The van der Waals surface area contributed by atoms with Gasteiger partial charge in [-0.05, 0) is 49.9 Å². The molecule has 1 aliphatic rings. The van der Waals surface area contributed by atoms with Crippen molar-refractivity contribution >= 4 is 16.9 Å². The Morgan fingerprint density at radius 3 is 3.08 bits per heavy atom. The van der Waals surface area contributed by atoms with E-state index in [1.54, 1.807) is 12.5 Å². The monoisotopic (exact) mass is 337 g/mol. The van der Waals surface area contributed by atoms with E-state index in [1.165, 1.54) is 11.1 Å². The molecule has 5 heteroatoms. The number of H-pyrrole nitrogens is 1. The van der Waals surface area contributed by atoms with Gasteiger partial charge >= 0.3 is 0 Å². The van der Waals surface area contributed by atoms with Gasteiger partial charge < -0.3 is 9.32 Å². The molecule has 0 saturated carbocycles. The van der Waals surface area contributed by atoms with Gasteiger partial charge in [0.25, 0.3) is 0 Å². The highest BCUT2D eigenvalue weighted by molar-refractivity contribution is 5.90. The molecule has 4 rings (SSSR count). The second-order valence-corrected chi connectivity index (χ2v) is 7.08. The summed E-state index contributed by atoms with van der Waals surface area (Å²) in [6, 6.07) is 6.18.